The predicted octanol–water partition coefficient (Wildman–Crippen LogP) is 8.22. The summed E-state index contributed by atoms with van der Waals surface area (Å²) < 4.78 is 0. The highest BCUT2D eigenvalue weighted by atomic mass is 14.5. The van der Waals surface area contributed by atoms with E-state index >= 15 is 0 Å². The van der Waals surface area contributed by atoms with Crippen molar-refractivity contribution in [2.45, 2.75) is 86.5 Å². The molecule has 6 atom stereocenters. The molecule has 1 aromatic carbocycles. The van der Waals surface area contributed by atoms with Crippen LogP contribution >= 0.6 is 0 Å². The van der Waals surface area contributed by atoms with E-state index in [1.54, 1.807) is 5.56 Å². The van der Waals surface area contributed by atoms with Gasteiger partial charge in [0.1, 0.15) is 0 Å². The fraction of sp³-hybridized carbons (Fsp3) is 0.750. The van der Waals surface area contributed by atoms with Gasteiger partial charge in [-0.05, 0) is 90.9 Å². The summed E-state index contributed by atoms with van der Waals surface area (Å²) in [6.07, 6.45) is 9.84. The molecule has 2 aliphatic rings. The SMILES string of the molecule is CC1CCC(C(C)C)C([C](Cc2ccccc2)C2CC(C)CCC2C(C)C)C1. The Morgan fingerprint density at radius 1 is 0.750 bits per heavy atom. The van der Waals surface area contributed by atoms with Gasteiger partial charge in [-0.1, -0.05) is 84.7 Å². The lowest BCUT2D eigenvalue weighted by Gasteiger charge is -2.49. The first-order chi connectivity index (χ1) is 13.4. The maximum atomic E-state index is 2.51. The van der Waals surface area contributed by atoms with Crippen LogP contribution in [0, 0.1) is 53.3 Å². The van der Waals surface area contributed by atoms with Gasteiger partial charge in [0, 0.05) is 0 Å². The van der Waals surface area contributed by atoms with Gasteiger partial charge in [-0.15, -0.1) is 0 Å². The van der Waals surface area contributed by atoms with Crippen LogP contribution in [-0.4, -0.2) is 0 Å². The second kappa shape index (κ2) is 9.82. The normalized spacial score (nSPS) is 34.3. The van der Waals surface area contributed by atoms with Crippen LogP contribution in [0.3, 0.4) is 0 Å². The van der Waals surface area contributed by atoms with E-state index in [2.05, 4.69) is 71.9 Å². The van der Waals surface area contributed by atoms with E-state index in [1.807, 2.05) is 5.92 Å². The molecule has 3 rings (SSSR count). The Bertz CT molecular complexity index is 539. The van der Waals surface area contributed by atoms with Crippen molar-refractivity contribution in [2.75, 3.05) is 0 Å². The van der Waals surface area contributed by atoms with E-state index in [4.69, 9.17) is 0 Å². The van der Waals surface area contributed by atoms with E-state index in [1.165, 1.54) is 44.9 Å². The Kier molecular flexibility index (Phi) is 7.68. The molecule has 0 heterocycles. The zero-order valence-electron chi connectivity index (χ0n) is 19.5. The molecule has 1 radical (unpaired) electrons. The van der Waals surface area contributed by atoms with Gasteiger partial charge in [0.05, 0.1) is 0 Å². The third-order valence-corrected chi connectivity index (χ3v) is 8.25. The molecule has 0 nitrogen and oxygen atoms in total. The number of hydrogen-bond acceptors (Lipinski definition) is 0. The summed E-state index contributed by atoms with van der Waals surface area (Å²) in [4.78, 5) is 0. The molecule has 0 saturated heterocycles. The van der Waals surface area contributed by atoms with Crippen molar-refractivity contribution in [1.29, 1.82) is 0 Å². The van der Waals surface area contributed by atoms with Gasteiger partial charge in [-0.3, -0.25) is 0 Å². The zero-order valence-corrected chi connectivity index (χ0v) is 19.5. The van der Waals surface area contributed by atoms with Crippen LogP contribution in [0.15, 0.2) is 30.3 Å². The molecule has 2 saturated carbocycles. The van der Waals surface area contributed by atoms with Gasteiger partial charge in [0.25, 0.3) is 0 Å². The summed E-state index contributed by atoms with van der Waals surface area (Å²) in [7, 11) is 0. The van der Waals surface area contributed by atoms with Crippen molar-refractivity contribution < 1.29 is 0 Å². The van der Waals surface area contributed by atoms with Crippen molar-refractivity contribution in [3.05, 3.63) is 41.8 Å². The predicted molar refractivity (Wildman–Crippen MR) is 123 cm³/mol. The topological polar surface area (TPSA) is 0 Å². The Balaban J connectivity index is 1.95. The average molecular weight is 382 g/mol. The van der Waals surface area contributed by atoms with Crippen LogP contribution in [0.4, 0.5) is 0 Å². The molecule has 0 amide bonds. The Morgan fingerprint density at radius 2 is 1.21 bits per heavy atom. The van der Waals surface area contributed by atoms with E-state index in [0.717, 1.165) is 47.3 Å². The molecular weight excluding hydrogens is 336 g/mol. The molecule has 0 bridgehead atoms. The molecule has 0 spiro atoms. The highest BCUT2D eigenvalue weighted by Crippen LogP contribution is 2.52. The van der Waals surface area contributed by atoms with Crippen molar-refractivity contribution in [3.63, 3.8) is 0 Å². The van der Waals surface area contributed by atoms with Crippen molar-refractivity contribution in [2.24, 2.45) is 47.3 Å². The molecule has 0 aromatic heterocycles. The van der Waals surface area contributed by atoms with Gasteiger partial charge < -0.3 is 0 Å². The van der Waals surface area contributed by atoms with E-state index in [0.29, 0.717) is 0 Å². The second-order valence-electron chi connectivity index (χ2n) is 11.1. The van der Waals surface area contributed by atoms with Crippen LogP contribution in [0.1, 0.15) is 85.6 Å². The minimum absolute atomic E-state index is 0.807. The maximum Gasteiger partial charge on any atom is -0.0130 e. The van der Waals surface area contributed by atoms with Gasteiger partial charge in [-0.2, -0.15) is 0 Å². The third kappa shape index (κ3) is 5.22. The summed E-state index contributed by atoms with van der Waals surface area (Å²) in [6, 6.07) is 11.4. The first-order valence-electron chi connectivity index (χ1n) is 12.3. The summed E-state index contributed by atoms with van der Waals surface area (Å²) in [5, 5.41) is 0. The van der Waals surface area contributed by atoms with E-state index in [9.17, 15) is 0 Å². The highest BCUT2D eigenvalue weighted by Gasteiger charge is 2.43. The maximum absolute atomic E-state index is 2.51. The summed E-state index contributed by atoms with van der Waals surface area (Å²) in [6.45, 7) is 14.9. The molecule has 1 aromatic rings. The van der Waals surface area contributed by atoms with Gasteiger partial charge >= 0.3 is 0 Å². The van der Waals surface area contributed by atoms with Crippen LogP contribution < -0.4 is 0 Å². The standard InChI is InChI=1S/C28H45/c1-19(2)24-14-12-21(5)16-26(24)28(18-23-10-8-7-9-11-23)27-17-22(6)13-15-25(27)20(3)4/h7-11,19-22,24-27H,12-18H2,1-6H3. The smallest absolute Gasteiger partial charge is 0.0130 e. The second-order valence-corrected chi connectivity index (χ2v) is 11.1. The van der Waals surface area contributed by atoms with Crippen LogP contribution in [-0.2, 0) is 6.42 Å². The fourth-order valence-corrected chi connectivity index (χ4v) is 6.63. The van der Waals surface area contributed by atoms with E-state index in [-0.39, 0.29) is 0 Å². The Hall–Kier alpha value is -0.780. The number of hydrogen-bond donors (Lipinski definition) is 0. The number of rotatable bonds is 6. The quantitative estimate of drug-likeness (QED) is 0.465. The molecule has 2 aliphatic carbocycles. The van der Waals surface area contributed by atoms with Crippen LogP contribution in [0.25, 0.3) is 0 Å². The first kappa shape index (κ1) is 21.9. The first-order valence-corrected chi connectivity index (χ1v) is 12.3. The Labute approximate surface area is 175 Å². The molecule has 0 heteroatoms. The largest absolute Gasteiger partial charge is 0.0625 e. The zero-order chi connectivity index (χ0) is 20.3. The number of benzene rings is 1. The lowest BCUT2D eigenvalue weighted by molar-refractivity contribution is 0.0861. The molecule has 2 fully saturated rings. The fourth-order valence-electron chi connectivity index (χ4n) is 6.63. The summed E-state index contributed by atoms with van der Waals surface area (Å²) >= 11 is 0. The molecule has 0 N–H and O–H groups in total. The molecule has 157 valence electrons. The highest BCUT2D eigenvalue weighted by molar-refractivity contribution is 5.23. The molecule has 6 unspecified atom stereocenters. The minimum Gasteiger partial charge on any atom is -0.0625 e. The van der Waals surface area contributed by atoms with Crippen LogP contribution in [0.5, 0.6) is 0 Å². The summed E-state index contributed by atoms with van der Waals surface area (Å²) in [5.74, 6) is 8.79. The van der Waals surface area contributed by atoms with Crippen LogP contribution in [0.2, 0.25) is 0 Å². The molecule has 0 aliphatic heterocycles. The Morgan fingerprint density at radius 3 is 1.64 bits per heavy atom. The lowest BCUT2D eigenvalue weighted by atomic mass is 9.56. The van der Waals surface area contributed by atoms with Gasteiger partial charge in [0.15, 0.2) is 0 Å². The van der Waals surface area contributed by atoms with Crippen molar-refractivity contribution in [3.8, 4) is 0 Å². The molecule has 28 heavy (non-hydrogen) atoms. The van der Waals surface area contributed by atoms with Crippen molar-refractivity contribution >= 4 is 0 Å². The van der Waals surface area contributed by atoms with E-state index < -0.39 is 0 Å². The van der Waals surface area contributed by atoms with Gasteiger partial charge in [-0.25, -0.2) is 0 Å². The average Bonchev–Trinajstić information content (AvgIpc) is 2.66. The third-order valence-electron chi connectivity index (χ3n) is 8.25. The monoisotopic (exact) mass is 381 g/mol. The molecular formula is C28H45. The minimum atomic E-state index is 0.807. The van der Waals surface area contributed by atoms with Crippen molar-refractivity contribution in [1.82, 2.24) is 0 Å². The summed E-state index contributed by atoms with van der Waals surface area (Å²) in [5.41, 5.74) is 1.54. The van der Waals surface area contributed by atoms with Gasteiger partial charge in [0.2, 0.25) is 0 Å². The lowest BCUT2D eigenvalue weighted by Crippen LogP contribution is -2.41.